The van der Waals surface area contributed by atoms with Gasteiger partial charge >= 0.3 is 5.97 Å². The highest BCUT2D eigenvalue weighted by atomic mass is 16.5. The van der Waals surface area contributed by atoms with Crippen LogP contribution >= 0.6 is 0 Å². The summed E-state index contributed by atoms with van der Waals surface area (Å²) in [6, 6.07) is 0. The van der Waals surface area contributed by atoms with Gasteiger partial charge in [-0.15, -0.1) is 0 Å². The Kier molecular flexibility index (Phi) is 4.87. The molecule has 5 heteroatoms. The van der Waals surface area contributed by atoms with Gasteiger partial charge in [0.15, 0.2) is 0 Å². The van der Waals surface area contributed by atoms with E-state index >= 15 is 0 Å². The van der Waals surface area contributed by atoms with Gasteiger partial charge in [-0.25, -0.2) is 4.98 Å². The average molecular weight is 237 g/mol. The first-order valence-electron chi connectivity index (χ1n) is 5.70. The number of nitrogens with zero attached hydrogens (tertiary/aromatic N) is 3. The van der Waals surface area contributed by atoms with E-state index in [2.05, 4.69) is 14.7 Å². The van der Waals surface area contributed by atoms with Crippen molar-refractivity contribution in [2.75, 3.05) is 25.1 Å². The van der Waals surface area contributed by atoms with E-state index in [4.69, 9.17) is 0 Å². The number of ether oxygens (including phenoxy) is 1. The van der Waals surface area contributed by atoms with Crippen LogP contribution in [0.15, 0.2) is 6.20 Å². The standard InChI is InChI=1S/C12H19N3O2/c1-5-15(7-6-12(16)17-4)11-8-13-9(2)10(3)14-11/h8H,5-7H2,1-4H3. The molecule has 1 aromatic rings. The maximum absolute atomic E-state index is 11.1. The van der Waals surface area contributed by atoms with Gasteiger partial charge in [0.2, 0.25) is 0 Å². The van der Waals surface area contributed by atoms with E-state index in [1.54, 1.807) is 6.20 Å². The maximum Gasteiger partial charge on any atom is 0.307 e. The normalized spacial score (nSPS) is 10.1. The molecule has 1 rings (SSSR count). The van der Waals surface area contributed by atoms with E-state index in [9.17, 15) is 4.79 Å². The van der Waals surface area contributed by atoms with Crippen LogP contribution in [0, 0.1) is 13.8 Å². The number of anilines is 1. The SMILES string of the molecule is CCN(CCC(=O)OC)c1cnc(C)c(C)n1. The Morgan fingerprint density at radius 3 is 2.65 bits per heavy atom. The average Bonchev–Trinajstić information content (AvgIpc) is 2.33. The monoisotopic (exact) mass is 237 g/mol. The molecule has 0 saturated heterocycles. The number of carbonyl (C=O) groups excluding carboxylic acids is 1. The summed E-state index contributed by atoms with van der Waals surface area (Å²) in [5, 5.41) is 0. The fourth-order valence-corrected chi connectivity index (χ4v) is 1.44. The number of hydrogen-bond donors (Lipinski definition) is 0. The molecular formula is C12H19N3O2. The molecule has 0 aliphatic heterocycles. The van der Waals surface area contributed by atoms with Crippen LogP contribution in [0.4, 0.5) is 5.82 Å². The van der Waals surface area contributed by atoms with Crippen molar-refractivity contribution in [3.8, 4) is 0 Å². The second-order valence-corrected chi connectivity index (χ2v) is 3.80. The highest BCUT2D eigenvalue weighted by Crippen LogP contribution is 2.12. The van der Waals surface area contributed by atoms with Crippen LogP contribution in [0.5, 0.6) is 0 Å². The molecule has 0 N–H and O–H groups in total. The molecule has 1 heterocycles. The number of carbonyl (C=O) groups is 1. The fourth-order valence-electron chi connectivity index (χ4n) is 1.44. The molecule has 0 bridgehead atoms. The first-order chi connectivity index (χ1) is 8.08. The van der Waals surface area contributed by atoms with Gasteiger partial charge in [-0.1, -0.05) is 0 Å². The van der Waals surface area contributed by atoms with Crippen molar-refractivity contribution in [2.24, 2.45) is 0 Å². The van der Waals surface area contributed by atoms with Crippen molar-refractivity contribution < 1.29 is 9.53 Å². The summed E-state index contributed by atoms with van der Waals surface area (Å²) in [6.45, 7) is 7.26. The Balaban J connectivity index is 2.72. The van der Waals surface area contributed by atoms with Crippen LogP contribution in [-0.4, -0.2) is 36.1 Å². The second kappa shape index (κ2) is 6.18. The Bertz CT molecular complexity index is 393. The summed E-state index contributed by atoms with van der Waals surface area (Å²) in [5.74, 6) is 0.597. The summed E-state index contributed by atoms with van der Waals surface area (Å²) in [4.78, 5) is 21.8. The zero-order valence-corrected chi connectivity index (χ0v) is 10.9. The fraction of sp³-hybridized carbons (Fsp3) is 0.583. The molecule has 94 valence electrons. The van der Waals surface area contributed by atoms with E-state index in [0.29, 0.717) is 13.0 Å². The topological polar surface area (TPSA) is 55.3 Å². The van der Waals surface area contributed by atoms with E-state index < -0.39 is 0 Å². The van der Waals surface area contributed by atoms with Crippen molar-refractivity contribution in [3.05, 3.63) is 17.6 Å². The van der Waals surface area contributed by atoms with Crippen LogP contribution in [-0.2, 0) is 9.53 Å². The highest BCUT2D eigenvalue weighted by Gasteiger charge is 2.10. The van der Waals surface area contributed by atoms with Gasteiger partial charge in [0.25, 0.3) is 0 Å². The lowest BCUT2D eigenvalue weighted by molar-refractivity contribution is -0.140. The van der Waals surface area contributed by atoms with Gasteiger partial charge in [0, 0.05) is 13.1 Å². The molecule has 1 aromatic heterocycles. The van der Waals surface area contributed by atoms with Gasteiger partial charge in [-0.3, -0.25) is 9.78 Å². The van der Waals surface area contributed by atoms with E-state index in [0.717, 1.165) is 23.8 Å². The molecule has 0 fully saturated rings. The first-order valence-corrected chi connectivity index (χ1v) is 5.70. The van der Waals surface area contributed by atoms with Crippen molar-refractivity contribution in [1.29, 1.82) is 0 Å². The smallest absolute Gasteiger partial charge is 0.307 e. The number of aryl methyl sites for hydroxylation is 2. The Hall–Kier alpha value is -1.65. The summed E-state index contributed by atoms with van der Waals surface area (Å²) in [7, 11) is 1.40. The first kappa shape index (κ1) is 13.4. The molecule has 0 aliphatic rings. The third kappa shape index (κ3) is 3.69. The Morgan fingerprint density at radius 1 is 1.41 bits per heavy atom. The molecular weight excluding hydrogens is 218 g/mol. The van der Waals surface area contributed by atoms with Gasteiger partial charge in [-0.05, 0) is 20.8 Å². The number of aromatic nitrogens is 2. The number of hydrogen-bond acceptors (Lipinski definition) is 5. The predicted octanol–water partition coefficient (Wildman–Crippen LogP) is 1.48. The Labute approximate surface area is 102 Å². The molecule has 0 saturated carbocycles. The van der Waals surface area contributed by atoms with Gasteiger partial charge < -0.3 is 9.64 Å². The van der Waals surface area contributed by atoms with Crippen molar-refractivity contribution in [3.63, 3.8) is 0 Å². The minimum absolute atomic E-state index is 0.208. The van der Waals surface area contributed by atoms with Crippen molar-refractivity contribution >= 4 is 11.8 Å². The molecule has 0 spiro atoms. The lowest BCUT2D eigenvalue weighted by Crippen LogP contribution is -2.27. The van der Waals surface area contributed by atoms with Crippen LogP contribution < -0.4 is 4.90 Å². The van der Waals surface area contributed by atoms with Crippen molar-refractivity contribution in [2.45, 2.75) is 27.2 Å². The van der Waals surface area contributed by atoms with E-state index in [1.165, 1.54) is 7.11 Å². The summed E-state index contributed by atoms with van der Waals surface area (Å²) >= 11 is 0. The molecule has 0 atom stereocenters. The lowest BCUT2D eigenvalue weighted by atomic mass is 10.3. The van der Waals surface area contributed by atoms with Gasteiger partial charge in [0.05, 0.1) is 31.1 Å². The third-order valence-corrected chi connectivity index (χ3v) is 2.70. The van der Waals surface area contributed by atoms with Crippen LogP contribution in [0.3, 0.4) is 0 Å². The summed E-state index contributed by atoms with van der Waals surface area (Å²) in [6.07, 6.45) is 2.10. The zero-order valence-electron chi connectivity index (χ0n) is 10.9. The number of rotatable bonds is 5. The van der Waals surface area contributed by atoms with E-state index in [-0.39, 0.29) is 5.97 Å². The zero-order chi connectivity index (χ0) is 12.8. The van der Waals surface area contributed by atoms with Crippen molar-refractivity contribution in [1.82, 2.24) is 9.97 Å². The quantitative estimate of drug-likeness (QED) is 0.726. The molecule has 17 heavy (non-hydrogen) atoms. The molecule has 0 aromatic carbocycles. The molecule has 0 unspecified atom stereocenters. The molecule has 0 aliphatic carbocycles. The van der Waals surface area contributed by atoms with Crippen LogP contribution in [0.2, 0.25) is 0 Å². The van der Waals surface area contributed by atoms with Gasteiger partial charge in [0.1, 0.15) is 5.82 Å². The second-order valence-electron chi connectivity index (χ2n) is 3.80. The molecule has 0 amide bonds. The van der Waals surface area contributed by atoms with Crippen LogP contribution in [0.1, 0.15) is 24.7 Å². The largest absolute Gasteiger partial charge is 0.469 e. The lowest BCUT2D eigenvalue weighted by Gasteiger charge is -2.21. The number of methoxy groups -OCH3 is 1. The highest BCUT2D eigenvalue weighted by molar-refractivity contribution is 5.69. The van der Waals surface area contributed by atoms with Gasteiger partial charge in [-0.2, -0.15) is 0 Å². The predicted molar refractivity (Wildman–Crippen MR) is 66.0 cm³/mol. The third-order valence-electron chi connectivity index (χ3n) is 2.70. The van der Waals surface area contributed by atoms with Crippen LogP contribution in [0.25, 0.3) is 0 Å². The minimum Gasteiger partial charge on any atom is -0.469 e. The Morgan fingerprint density at radius 2 is 2.12 bits per heavy atom. The summed E-state index contributed by atoms with van der Waals surface area (Å²) in [5.41, 5.74) is 1.84. The maximum atomic E-state index is 11.1. The minimum atomic E-state index is -0.208. The van der Waals surface area contributed by atoms with E-state index in [1.807, 2.05) is 25.7 Å². The molecule has 0 radical (unpaired) electrons. The molecule has 5 nitrogen and oxygen atoms in total. The number of esters is 1. The summed E-state index contributed by atoms with van der Waals surface area (Å²) < 4.78 is 4.62.